The molecular weight excluding hydrogens is 356 g/mol. The molecule has 2 N–H and O–H groups in total. The summed E-state index contributed by atoms with van der Waals surface area (Å²) in [4.78, 5) is 8.88. The number of aliphatic imine (C=N–C) groups is 1. The zero-order valence-electron chi connectivity index (χ0n) is 16.5. The molecule has 0 amide bonds. The number of guanidine groups is 1. The monoisotopic (exact) mass is 382 g/mol. The lowest BCUT2D eigenvalue weighted by molar-refractivity contribution is 0.177. The molecular formula is C20H26N6O2. The molecule has 4 rings (SSSR count). The Morgan fingerprint density at radius 1 is 1.39 bits per heavy atom. The molecule has 0 saturated heterocycles. The van der Waals surface area contributed by atoms with Crippen LogP contribution in [0.15, 0.2) is 33.7 Å². The maximum absolute atomic E-state index is 5.98. The van der Waals surface area contributed by atoms with Crippen LogP contribution in [0, 0.1) is 6.92 Å². The lowest BCUT2D eigenvalue weighted by Crippen LogP contribution is -2.46. The number of rotatable bonds is 5. The summed E-state index contributed by atoms with van der Waals surface area (Å²) in [5.41, 5.74) is 2.08. The molecule has 1 aliphatic rings. The molecule has 0 fully saturated rings. The van der Waals surface area contributed by atoms with Crippen molar-refractivity contribution < 1.29 is 9.15 Å². The molecule has 148 valence electrons. The van der Waals surface area contributed by atoms with Gasteiger partial charge in [0, 0.05) is 37.6 Å². The first-order valence-electron chi connectivity index (χ1n) is 9.53. The summed E-state index contributed by atoms with van der Waals surface area (Å²) in [5.74, 6) is 3.44. The number of aryl methyl sites for hydroxylation is 2. The molecule has 0 bridgehead atoms. The Balaban J connectivity index is 1.37. The molecule has 0 radical (unpaired) electrons. The van der Waals surface area contributed by atoms with Gasteiger partial charge in [-0.15, -0.1) is 0 Å². The van der Waals surface area contributed by atoms with Crippen LogP contribution in [-0.4, -0.2) is 40.9 Å². The van der Waals surface area contributed by atoms with Gasteiger partial charge in [0.25, 0.3) is 0 Å². The summed E-state index contributed by atoms with van der Waals surface area (Å²) in [6.45, 7) is 3.87. The summed E-state index contributed by atoms with van der Waals surface area (Å²) in [6, 6.07) is 8.34. The average Bonchev–Trinajstić information content (AvgIpc) is 3.25. The van der Waals surface area contributed by atoms with Gasteiger partial charge >= 0.3 is 0 Å². The first-order chi connectivity index (χ1) is 13.7. The van der Waals surface area contributed by atoms with Crippen LogP contribution in [0.2, 0.25) is 0 Å². The highest BCUT2D eigenvalue weighted by Gasteiger charge is 2.22. The van der Waals surface area contributed by atoms with Crippen molar-refractivity contribution >= 4 is 16.9 Å². The van der Waals surface area contributed by atoms with E-state index < -0.39 is 0 Å². The number of benzene rings is 1. The minimum absolute atomic E-state index is 0.243. The van der Waals surface area contributed by atoms with Crippen molar-refractivity contribution in [2.45, 2.75) is 45.5 Å². The number of furan rings is 1. The summed E-state index contributed by atoms with van der Waals surface area (Å²) in [7, 11) is 3.44. The molecule has 28 heavy (non-hydrogen) atoms. The predicted molar refractivity (Wildman–Crippen MR) is 107 cm³/mol. The topological polar surface area (TPSA) is 89.5 Å². The number of para-hydroxylation sites is 1. The highest BCUT2D eigenvalue weighted by Crippen LogP contribution is 2.24. The molecule has 8 nitrogen and oxygen atoms in total. The second-order valence-electron chi connectivity index (χ2n) is 7.01. The van der Waals surface area contributed by atoms with E-state index in [2.05, 4.69) is 38.7 Å². The molecule has 1 unspecified atom stereocenters. The SMILES string of the molecule is CN=C(NCc1oc2ccccc2c1C)NC1CCc2nc(COC)nn2C1. The van der Waals surface area contributed by atoms with E-state index in [0.717, 1.165) is 59.3 Å². The van der Waals surface area contributed by atoms with Crippen molar-refractivity contribution in [3.8, 4) is 0 Å². The maximum Gasteiger partial charge on any atom is 0.191 e. The van der Waals surface area contributed by atoms with Gasteiger partial charge in [0.1, 0.15) is 23.8 Å². The van der Waals surface area contributed by atoms with E-state index in [-0.39, 0.29) is 6.04 Å². The number of nitrogens with one attached hydrogen (secondary N) is 2. The van der Waals surface area contributed by atoms with Crippen molar-refractivity contribution in [3.63, 3.8) is 0 Å². The second kappa shape index (κ2) is 8.02. The number of hydrogen-bond donors (Lipinski definition) is 2. The van der Waals surface area contributed by atoms with Crippen LogP contribution >= 0.6 is 0 Å². The molecule has 0 aliphatic carbocycles. The Hall–Kier alpha value is -2.87. The molecule has 0 saturated carbocycles. The van der Waals surface area contributed by atoms with E-state index in [4.69, 9.17) is 9.15 Å². The van der Waals surface area contributed by atoms with E-state index in [0.29, 0.717) is 13.2 Å². The Morgan fingerprint density at radius 3 is 3.04 bits per heavy atom. The van der Waals surface area contributed by atoms with E-state index in [1.807, 2.05) is 22.9 Å². The molecule has 1 aliphatic heterocycles. The van der Waals surface area contributed by atoms with Gasteiger partial charge in [0.05, 0.1) is 13.1 Å². The van der Waals surface area contributed by atoms with Crippen LogP contribution in [-0.2, 0) is 30.9 Å². The van der Waals surface area contributed by atoms with Gasteiger partial charge in [-0.25, -0.2) is 9.67 Å². The third kappa shape index (κ3) is 3.73. The van der Waals surface area contributed by atoms with Crippen molar-refractivity contribution in [2.75, 3.05) is 14.2 Å². The minimum Gasteiger partial charge on any atom is -0.459 e. The first kappa shape index (κ1) is 18.5. The van der Waals surface area contributed by atoms with Gasteiger partial charge in [0.15, 0.2) is 11.8 Å². The Bertz CT molecular complexity index is 990. The minimum atomic E-state index is 0.243. The van der Waals surface area contributed by atoms with Gasteiger partial charge in [-0.05, 0) is 19.4 Å². The van der Waals surface area contributed by atoms with Crippen LogP contribution in [0.4, 0.5) is 0 Å². The zero-order valence-corrected chi connectivity index (χ0v) is 16.5. The standard InChI is InChI=1S/C20H26N6O2/c1-13-15-6-4-5-7-16(15)28-17(13)10-22-20(21-2)23-14-8-9-19-24-18(12-27-3)25-26(19)11-14/h4-7,14H,8-12H2,1-3H3,(H2,21,22,23). The summed E-state index contributed by atoms with van der Waals surface area (Å²) < 4.78 is 13.1. The van der Waals surface area contributed by atoms with Crippen LogP contribution in [0.25, 0.3) is 11.0 Å². The maximum atomic E-state index is 5.98. The smallest absolute Gasteiger partial charge is 0.191 e. The third-order valence-corrected chi connectivity index (χ3v) is 5.10. The molecule has 1 aromatic carbocycles. The van der Waals surface area contributed by atoms with Crippen molar-refractivity contribution in [3.05, 3.63) is 47.2 Å². The summed E-state index contributed by atoms with van der Waals surface area (Å²) >= 11 is 0. The van der Waals surface area contributed by atoms with Gasteiger partial charge in [-0.3, -0.25) is 4.99 Å². The van der Waals surface area contributed by atoms with Gasteiger partial charge in [-0.1, -0.05) is 18.2 Å². The van der Waals surface area contributed by atoms with E-state index in [9.17, 15) is 0 Å². The van der Waals surface area contributed by atoms with E-state index in [1.165, 1.54) is 0 Å². The van der Waals surface area contributed by atoms with Crippen LogP contribution in [0.1, 0.15) is 29.4 Å². The van der Waals surface area contributed by atoms with Crippen LogP contribution in [0.3, 0.4) is 0 Å². The van der Waals surface area contributed by atoms with Gasteiger partial charge < -0.3 is 19.8 Å². The van der Waals surface area contributed by atoms with Crippen molar-refractivity contribution in [1.82, 2.24) is 25.4 Å². The molecule has 3 heterocycles. The summed E-state index contributed by atoms with van der Waals surface area (Å²) in [5, 5.41) is 12.5. The molecule has 1 atom stereocenters. The molecule has 0 spiro atoms. The number of ether oxygens (including phenoxy) is 1. The number of aromatic nitrogens is 3. The average molecular weight is 382 g/mol. The Kier molecular flexibility index (Phi) is 5.29. The van der Waals surface area contributed by atoms with E-state index in [1.54, 1.807) is 14.2 Å². The number of hydrogen-bond acceptors (Lipinski definition) is 5. The van der Waals surface area contributed by atoms with Gasteiger partial charge in [0.2, 0.25) is 0 Å². The number of nitrogens with zero attached hydrogens (tertiary/aromatic N) is 4. The number of methoxy groups -OCH3 is 1. The number of fused-ring (bicyclic) bond motifs is 2. The molecule has 8 heteroatoms. The highest BCUT2D eigenvalue weighted by atomic mass is 16.5. The van der Waals surface area contributed by atoms with E-state index >= 15 is 0 Å². The highest BCUT2D eigenvalue weighted by molar-refractivity contribution is 5.83. The molecule has 2 aromatic heterocycles. The van der Waals surface area contributed by atoms with Crippen molar-refractivity contribution in [1.29, 1.82) is 0 Å². The van der Waals surface area contributed by atoms with Crippen molar-refractivity contribution in [2.24, 2.45) is 4.99 Å². The normalized spacial score (nSPS) is 17.0. The fourth-order valence-corrected chi connectivity index (χ4v) is 3.61. The Labute approximate surface area is 164 Å². The second-order valence-corrected chi connectivity index (χ2v) is 7.01. The fraction of sp³-hybridized carbons (Fsp3) is 0.450. The Morgan fingerprint density at radius 2 is 2.25 bits per heavy atom. The quantitative estimate of drug-likeness (QED) is 0.519. The predicted octanol–water partition coefficient (Wildman–Crippen LogP) is 2.16. The van der Waals surface area contributed by atoms with Crippen LogP contribution in [0.5, 0.6) is 0 Å². The van der Waals surface area contributed by atoms with Crippen LogP contribution < -0.4 is 10.6 Å². The lowest BCUT2D eigenvalue weighted by atomic mass is 10.1. The fourth-order valence-electron chi connectivity index (χ4n) is 3.61. The molecule has 3 aromatic rings. The van der Waals surface area contributed by atoms with Gasteiger partial charge in [-0.2, -0.15) is 5.10 Å². The third-order valence-electron chi connectivity index (χ3n) is 5.10. The zero-order chi connectivity index (χ0) is 19.5. The first-order valence-corrected chi connectivity index (χ1v) is 9.53. The largest absolute Gasteiger partial charge is 0.459 e. The lowest BCUT2D eigenvalue weighted by Gasteiger charge is -2.25. The summed E-state index contributed by atoms with van der Waals surface area (Å²) in [6.07, 6.45) is 1.86.